The summed E-state index contributed by atoms with van der Waals surface area (Å²) in [6.45, 7) is 2.01. The minimum absolute atomic E-state index is 0.938. The third-order valence-corrected chi connectivity index (χ3v) is 2.77. The molecule has 0 saturated heterocycles. The van der Waals surface area contributed by atoms with E-state index in [2.05, 4.69) is 27.5 Å². The van der Waals surface area contributed by atoms with Gasteiger partial charge in [-0.3, -0.25) is 9.97 Å². The van der Waals surface area contributed by atoms with Gasteiger partial charge >= 0.3 is 0 Å². The largest absolute Gasteiger partial charge is 0.261 e. The van der Waals surface area contributed by atoms with Crippen LogP contribution in [-0.4, -0.2) is 9.97 Å². The second-order valence-corrected chi connectivity index (χ2v) is 3.75. The topological polar surface area (TPSA) is 25.8 Å². The van der Waals surface area contributed by atoms with E-state index in [9.17, 15) is 0 Å². The van der Waals surface area contributed by atoms with Gasteiger partial charge in [0, 0.05) is 12.4 Å². The summed E-state index contributed by atoms with van der Waals surface area (Å²) in [5, 5.41) is 2.12. The normalized spacial score (nSPS) is 10.9. The van der Waals surface area contributed by atoms with Crippen molar-refractivity contribution in [2.45, 2.75) is 6.92 Å². The molecule has 0 unspecified atom stereocenters. The summed E-state index contributed by atoms with van der Waals surface area (Å²) in [5.41, 5.74) is 2.16. The molecule has 0 N–H and O–H groups in total. The van der Waals surface area contributed by atoms with E-state index in [1.54, 1.807) is 29.9 Å². The summed E-state index contributed by atoms with van der Waals surface area (Å²) in [6.07, 6.45) is 9.29. The van der Waals surface area contributed by atoms with Crippen molar-refractivity contribution in [2.24, 2.45) is 0 Å². The van der Waals surface area contributed by atoms with Crippen LogP contribution in [0.5, 0.6) is 0 Å². The van der Waals surface area contributed by atoms with Gasteiger partial charge in [-0.15, -0.1) is 11.3 Å². The first kappa shape index (κ1) is 9.09. The summed E-state index contributed by atoms with van der Waals surface area (Å²) in [7, 11) is 0. The summed E-state index contributed by atoms with van der Waals surface area (Å²) in [5.74, 6) is 0. The van der Waals surface area contributed by atoms with Gasteiger partial charge in [-0.25, -0.2) is 0 Å². The monoisotopic (exact) mass is 202 g/mol. The molecule has 0 atom stereocenters. The van der Waals surface area contributed by atoms with Crippen molar-refractivity contribution in [2.75, 3.05) is 0 Å². The van der Waals surface area contributed by atoms with E-state index in [1.807, 2.05) is 13.0 Å². The average Bonchev–Trinajstić information content (AvgIpc) is 2.68. The molecule has 0 aliphatic heterocycles. The average molecular weight is 202 g/mol. The van der Waals surface area contributed by atoms with E-state index in [0.717, 1.165) is 10.6 Å². The lowest BCUT2D eigenvalue weighted by Gasteiger charge is -1.91. The lowest BCUT2D eigenvalue weighted by Crippen LogP contribution is -1.79. The third-order valence-electron chi connectivity index (χ3n) is 1.79. The highest BCUT2D eigenvalue weighted by Gasteiger charge is 2.01. The van der Waals surface area contributed by atoms with Crippen LogP contribution in [0.1, 0.15) is 12.5 Å². The summed E-state index contributed by atoms with van der Waals surface area (Å²) < 4.78 is 0. The predicted octanol–water partition coefficient (Wildman–Crippen LogP) is 3.24. The molecule has 0 fully saturated rings. The van der Waals surface area contributed by atoms with E-state index in [1.165, 1.54) is 5.56 Å². The maximum atomic E-state index is 4.25. The maximum absolute atomic E-state index is 4.25. The van der Waals surface area contributed by atoms with Crippen molar-refractivity contribution in [1.82, 2.24) is 9.97 Å². The zero-order valence-corrected chi connectivity index (χ0v) is 8.66. The Labute approximate surface area is 87.0 Å². The van der Waals surface area contributed by atoms with Gasteiger partial charge in [0.1, 0.15) is 0 Å². The molecule has 70 valence electrons. The SMILES string of the molecule is C/C=C/c1csc(-c2cnccn2)c1. The Kier molecular flexibility index (Phi) is 2.70. The molecule has 0 amide bonds. The highest BCUT2D eigenvalue weighted by atomic mass is 32.1. The molecule has 2 aromatic rings. The van der Waals surface area contributed by atoms with Gasteiger partial charge in [0.2, 0.25) is 0 Å². The molecule has 0 aliphatic carbocycles. The molecule has 0 spiro atoms. The Balaban J connectivity index is 2.34. The van der Waals surface area contributed by atoms with Crippen LogP contribution in [0.15, 0.2) is 36.1 Å². The first-order valence-electron chi connectivity index (χ1n) is 4.38. The van der Waals surface area contributed by atoms with Crippen molar-refractivity contribution >= 4 is 17.4 Å². The van der Waals surface area contributed by atoms with E-state index < -0.39 is 0 Å². The Morgan fingerprint density at radius 3 is 3.00 bits per heavy atom. The molecule has 14 heavy (non-hydrogen) atoms. The molecule has 0 aliphatic rings. The lowest BCUT2D eigenvalue weighted by molar-refractivity contribution is 1.21. The van der Waals surface area contributed by atoms with Crippen LogP contribution in [-0.2, 0) is 0 Å². The number of allylic oxidation sites excluding steroid dienone is 1. The molecule has 2 rings (SSSR count). The molecule has 0 saturated carbocycles. The molecule has 0 bridgehead atoms. The lowest BCUT2D eigenvalue weighted by atomic mass is 10.2. The number of thiophene rings is 1. The predicted molar refractivity (Wildman–Crippen MR) is 60.1 cm³/mol. The van der Waals surface area contributed by atoms with Crippen LogP contribution >= 0.6 is 11.3 Å². The minimum atomic E-state index is 0.938. The van der Waals surface area contributed by atoms with E-state index in [-0.39, 0.29) is 0 Å². The summed E-state index contributed by atoms with van der Waals surface area (Å²) in [4.78, 5) is 9.45. The van der Waals surface area contributed by atoms with Crippen LogP contribution < -0.4 is 0 Å². The van der Waals surface area contributed by atoms with Crippen molar-refractivity contribution in [3.63, 3.8) is 0 Å². The molecule has 3 heteroatoms. The Bertz CT molecular complexity index is 432. The van der Waals surface area contributed by atoms with Crippen LogP contribution in [0.4, 0.5) is 0 Å². The first-order valence-corrected chi connectivity index (χ1v) is 5.26. The van der Waals surface area contributed by atoms with Crippen molar-refractivity contribution < 1.29 is 0 Å². The van der Waals surface area contributed by atoms with Crippen molar-refractivity contribution in [1.29, 1.82) is 0 Å². The van der Waals surface area contributed by atoms with Crippen molar-refractivity contribution in [3.8, 4) is 10.6 Å². The minimum Gasteiger partial charge on any atom is -0.261 e. The number of hydrogen-bond acceptors (Lipinski definition) is 3. The maximum Gasteiger partial charge on any atom is 0.0984 e. The van der Waals surface area contributed by atoms with Crippen LogP contribution in [0.25, 0.3) is 16.6 Å². The zero-order chi connectivity index (χ0) is 9.80. The van der Waals surface area contributed by atoms with Gasteiger partial charge in [-0.05, 0) is 23.9 Å². The molecule has 0 radical (unpaired) electrons. The second kappa shape index (κ2) is 4.15. The standard InChI is InChI=1S/C11H10N2S/c1-2-3-9-6-11(14-8-9)10-7-12-4-5-13-10/h2-8H,1H3/b3-2+. The summed E-state index contributed by atoms with van der Waals surface area (Å²) in [6, 6.07) is 2.12. The highest BCUT2D eigenvalue weighted by Crippen LogP contribution is 2.25. The van der Waals surface area contributed by atoms with Crippen molar-refractivity contribution in [3.05, 3.63) is 41.7 Å². The summed E-state index contributed by atoms with van der Waals surface area (Å²) >= 11 is 1.69. The fraction of sp³-hybridized carbons (Fsp3) is 0.0909. The van der Waals surface area contributed by atoms with Gasteiger partial charge in [-0.1, -0.05) is 12.2 Å². The van der Waals surface area contributed by atoms with Gasteiger partial charge in [0.25, 0.3) is 0 Å². The van der Waals surface area contributed by atoms with Crippen LogP contribution in [0, 0.1) is 0 Å². The highest BCUT2D eigenvalue weighted by molar-refractivity contribution is 7.13. The smallest absolute Gasteiger partial charge is 0.0984 e. The van der Waals surface area contributed by atoms with Gasteiger partial charge < -0.3 is 0 Å². The Morgan fingerprint density at radius 1 is 1.36 bits per heavy atom. The first-order chi connectivity index (χ1) is 6.90. The van der Waals surface area contributed by atoms with Gasteiger partial charge in [-0.2, -0.15) is 0 Å². The number of hydrogen-bond donors (Lipinski definition) is 0. The fourth-order valence-corrected chi connectivity index (χ4v) is 2.03. The number of aromatic nitrogens is 2. The van der Waals surface area contributed by atoms with Gasteiger partial charge in [0.15, 0.2) is 0 Å². The fourth-order valence-electron chi connectivity index (χ4n) is 1.19. The molecule has 2 aromatic heterocycles. The Hall–Kier alpha value is -1.48. The molecular weight excluding hydrogens is 192 g/mol. The third kappa shape index (κ3) is 1.88. The zero-order valence-electron chi connectivity index (χ0n) is 7.84. The van der Waals surface area contributed by atoms with E-state index >= 15 is 0 Å². The molecular formula is C11H10N2S. The van der Waals surface area contributed by atoms with Gasteiger partial charge in [0.05, 0.1) is 16.8 Å². The Morgan fingerprint density at radius 2 is 2.29 bits per heavy atom. The number of rotatable bonds is 2. The van der Waals surface area contributed by atoms with E-state index in [0.29, 0.717) is 0 Å². The van der Waals surface area contributed by atoms with Crippen LogP contribution in [0.2, 0.25) is 0 Å². The molecule has 0 aromatic carbocycles. The quantitative estimate of drug-likeness (QED) is 0.747. The van der Waals surface area contributed by atoms with E-state index in [4.69, 9.17) is 0 Å². The van der Waals surface area contributed by atoms with Crippen LogP contribution in [0.3, 0.4) is 0 Å². The molecule has 2 heterocycles. The number of nitrogens with zero attached hydrogens (tertiary/aromatic N) is 2. The second-order valence-electron chi connectivity index (χ2n) is 2.83. The molecule has 2 nitrogen and oxygen atoms in total.